The van der Waals surface area contributed by atoms with E-state index >= 15 is 0 Å². The third kappa shape index (κ3) is 5.88. The standard InChI is InChI=1S/C16H20N9O8PS3/c1-24-15(20-22-23-24)37-5-16(13(28)29)3-25-11(27)9(12(25)36-4-16)19-10(26)8(7-2-35-14(17)18-7)21-33-6-34(30,31)32/h2,9,12H,3-6H2,1H3,(H2,17,18)(H,19,26)(H,28,29)(H2,30,31,32)/t9?,12-,16?/m1/s1. The lowest BCUT2D eigenvalue weighted by atomic mass is 9.89. The number of aryl methyl sites for hydroxylation is 1. The van der Waals surface area contributed by atoms with Crippen molar-refractivity contribution in [3.8, 4) is 0 Å². The number of nitrogens with one attached hydrogen (secondary N) is 1. The van der Waals surface area contributed by atoms with E-state index in [0.29, 0.717) is 5.16 Å². The molecule has 0 saturated carbocycles. The highest BCUT2D eigenvalue weighted by molar-refractivity contribution is 8.00. The van der Waals surface area contributed by atoms with E-state index in [2.05, 4.69) is 35.8 Å². The second kappa shape index (κ2) is 10.5. The number of carboxylic acids is 1. The molecule has 37 heavy (non-hydrogen) atoms. The van der Waals surface area contributed by atoms with Gasteiger partial charge < -0.3 is 35.7 Å². The number of aliphatic carboxylic acids is 1. The van der Waals surface area contributed by atoms with Crippen molar-refractivity contribution in [1.29, 1.82) is 0 Å². The van der Waals surface area contributed by atoms with Gasteiger partial charge >= 0.3 is 13.6 Å². The predicted octanol–water partition coefficient (Wildman–Crippen LogP) is -1.63. The van der Waals surface area contributed by atoms with Crippen LogP contribution in [0.25, 0.3) is 0 Å². The maximum absolute atomic E-state index is 12.9. The predicted molar refractivity (Wildman–Crippen MR) is 131 cm³/mol. The molecule has 4 rings (SSSR count). The molecule has 2 aliphatic heterocycles. The number of oxime groups is 1. The van der Waals surface area contributed by atoms with Gasteiger partial charge in [0.05, 0.1) is 0 Å². The summed E-state index contributed by atoms with van der Waals surface area (Å²) in [6.45, 7) is -0.0710. The van der Waals surface area contributed by atoms with E-state index in [1.165, 1.54) is 26.7 Å². The Morgan fingerprint density at radius 2 is 2.22 bits per heavy atom. The lowest BCUT2D eigenvalue weighted by Crippen LogP contribution is -2.74. The molecule has 2 aromatic rings. The minimum atomic E-state index is -4.56. The molecule has 2 saturated heterocycles. The quantitative estimate of drug-likeness (QED) is 0.0682. The minimum Gasteiger partial charge on any atom is -0.481 e. The summed E-state index contributed by atoms with van der Waals surface area (Å²) in [6, 6.07) is -0.983. The van der Waals surface area contributed by atoms with Gasteiger partial charge in [-0.25, -0.2) is 9.67 Å². The Balaban J connectivity index is 1.44. The molecule has 0 bridgehead atoms. The van der Waals surface area contributed by atoms with Gasteiger partial charge in [-0.1, -0.05) is 16.9 Å². The zero-order valence-corrected chi connectivity index (χ0v) is 22.2. The summed E-state index contributed by atoms with van der Waals surface area (Å²) >= 11 is 3.37. The fourth-order valence-corrected chi connectivity index (χ4v) is 6.90. The fourth-order valence-electron chi connectivity index (χ4n) is 3.43. The number of thiazole rings is 1. The number of amides is 2. The molecular weight excluding hydrogens is 573 g/mol. The van der Waals surface area contributed by atoms with E-state index in [-0.39, 0.29) is 28.9 Å². The van der Waals surface area contributed by atoms with E-state index in [4.69, 9.17) is 15.5 Å². The summed E-state index contributed by atoms with van der Waals surface area (Å²) in [5.74, 6) is -2.16. The number of β-lactam (4-membered cyclic amide) rings is 1. The highest BCUT2D eigenvalue weighted by Gasteiger charge is 2.57. The van der Waals surface area contributed by atoms with Gasteiger partial charge in [0.25, 0.3) is 5.91 Å². The van der Waals surface area contributed by atoms with E-state index in [1.807, 2.05) is 0 Å². The van der Waals surface area contributed by atoms with Crippen molar-refractivity contribution >= 4 is 71.1 Å². The van der Waals surface area contributed by atoms with Gasteiger partial charge in [0.2, 0.25) is 17.4 Å². The van der Waals surface area contributed by atoms with E-state index < -0.39 is 54.3 Å². The van der Waals surface area contributed by atoms with Crippen molar-refractivity contribution in [2.75, 3.05) is 30.1 Å². The van der Waals surface area contributed by atoms with E-state index in [1.54, 1.807) is 7.05 Å². The molecule has 4 heterocycles. The number of nitrogens with zero attached hydrogens (tertiary/aromatic N) is 7. The largest absolute Gasteiger partial charge is 0.481 e. The van der Waals surface area contributed by atoms with Crippen LogP contribution in [0.5, 0.6) is 0 Å². The Hall–Kier alpha value is -2.77. The van der Waals surface area contributed by atoms with Crippen LogP contribution >= 0.6 is 42.5 Å². The summed E-state index contributed by atoms with van der Waals surface area (Å²) in [5.41, 5.74) is 3.91. The number of fused-ring (bicyclic) bond motifs is 1. The number of carbonyl (C=O) groups is 3. The number of hydrogen-bond acceptors (Lipinski definition) is 14. The van der Waals surface area contributed by atoms with Gasteiger partial charge in [-0.05, 0) is 10.4 Å². The smallest absolute Gasteiger partial charge is 0.365 e. The number of anilines is 1. The van der Waals surface area contributed by atoms with Crippen LogP contribution in [0, 0.1) is 5.41 Å². The molecule has 17 nitrogen and oxygen atoms in total. The summed E-state index contributed by atoms with van der Waals surface area (Å²) in [6.07, 6.45) is -1.07. The van der Waals surface area contributed by atoms with Crippen molar-refractivity contribution in [2.24, 2.45) is 17.6 Å². The average molecular weight is 594 g/mol. The van der Waals surface area contributed by atoms with Crippen molar-refractivity contribution in [3.05, 3.63) is 11.1 Å². The molecule has 6 N–H and O–H groups in total. The van der Waals surface area contributed by atoms with Crippen LogP contribution in [0.4, 0.5) is 5.13 Å². The molecular formula is C16H20N9O8PS3. The summed E-state index contributed by atoms with van der Waals surface area (Å²) in [7, 11) is -2.94. The van der Waals surface area contributed by atoms with E-state index in [0.717, 1.165) is 23.1 Å². The van der Waals surface area contributed by atoms with Crippen LogP contribution < -0.4 is 11.1 Å². The first-order chi connectivity index (χ1) is 17.4. The van der Waals surface area contributed by atoms with Crippen molar-refractivity contribution in [1.82, 2.24) is 35.4 Å². The highest BCUT2D eigenvalue weighted by Crippen LogP contribution is 2.44. The number of carbonyl (C=O) groups excluding carboxylic acids is 2. The number of carboxylic acid groups (broad SMARTS) is 1. The first-order valence-electron chi connectivity index (χ1n) is 10.2. The molecule has 2 fully saturated rings. The van der Waals surface area contributed by atoms with Crippen LogP contribution in [0.2, 0.25) is 0 Å². The highest BCUT2D eigenvalue weighted by atomic mass is 32.2. The molecule has 0 aliphatic carbocycles. The maximum atomic E-state index is 12.9. The number of thioether (sulfide) groups is 2. The first kappa shape index (κ1) is 27.3. The van der Waals surface area contributed by atoms with Gasteiger partial charge in [-0.15, -0.1) is 28.2 Å². The zero-order chi connectivity index (χ0) is 27.0. The number of nitrogens with two attached hydrogens (primary N) is 1. The second-order valence-corrected chi connectivity index (χ2v) is 12.5. The maximum Gasteiger partial charge on any atom is 0.365 e. The van der Waals surface area contributed by atoms with Gasteiger partial charge in [0.15, 0.2) is 10.8 Å². The van der Waals surface area contributed by atoms with Crippen molar-refractivity contribution < 1.29 is 38.7 Å². The normalized spacial score (nSPS) is 23.8. The topological polar surface area (TPSA) is 248 Å². The van der Waals surface area contributed by atoms with Crippen LogP contribution in [0.1, 0.15) is 5.69 Å². The van der Waals surface area contributed by atoms with Crippen LogP contribution in [-0.2, 0) is 30.8 Å². The molecule has 0 aromatic carbocycles. The molecule has 2 amide bonds. The monoisotopic (exact) mass is 593 g/mol. The Bertz CT molecular complexity index is 1300. The van der Waals surface area contributed by atoms with Crippen LogP contribution in [-0.4, -0.2) is 104 Å². The minimum absolute atomic E-state index is 0.00850. The zero-order valence-electron chi connectivity index (χ0n) is 18.8. The van der Waals surface area contributed by atoms with Crippen LogP contribution in [0.15, 0.2) is 15.7 Å². The molecule has 21 heteroatoms. The fraction of sp³-hybridized carbons (Fsp3) is 0.500. The Morgan fingerprint density at radius 1 is 1.46 bits per heavy atom. The Labute approximate surface area is 220 Å². The Morgan fingerprint density at radius 3 is 2.81 bits per heavy atom. The lowest BCUT2D eigenvalue weighted by molar-refractivity contribution is -0.157. The third-order valence-electron chi connectivity index (χ3n) is 5.31. The van der Waals surface area contributed by atoms with Crippen LogP contribution in [0.3, 0.4) is 0 Å². The van der Waals surface area contributed by atoms with Gasteiger partial charge in [0, 0.05) is 30.5 Å². The SMILES string of the molecule is Cn1nnnc1SCC1(C(=O)O)CS[C@@H]2C(NC(=O)C(=NOCP(=O)(O)O)c3csc(N)n3)C(=O)N2C1. The van der Waals surface area contributed by atoms with Gasteiger partial charge in [0.1, 0.15) is 22.5 Å². The number of rotatable bonds is 10. The molecule has 0 spiro atoms. The molecule has 2 unspecified atom stereocenters. The first-order valence-corrected chi connectivity index (χ1v) is 14.9. The van der Waals surface area contributed by atoms with Crippen molar-refractivity contribution in [2.45, 2.75) is 16.6 Å². The van der Waals surface area contributed by atoms with Gasteiger partial charge in [-0.2, -0.15) is 0 Å². The number of nitrogen functional groups attached to an aromatic ring is 1. The molecule has 0 radical (unpaired) electrons. The average Bonchev–Trinajstić information content (AvgIpc) is 3.45. The van der Waals surface area contributed by atoms with E-state index in [9.17, 15) is 24.1 Å². The summed E-state index contributed by atoms with van der Waals surface area (Å²) in [5, 5.41) is 28.5. The van der Waals surface area contributed by atoms with Crippen molar-refractivity contribution in [3.63, 3.8) is 0 Å². The molecule has 200 valence electrons. The molecule has 2 aromatic heterocycles. The summed E-state index contributed by atoms with van der Waals surface area (Å²) in [4.78, 5) is 65.9. The van der Waals surface area contributed by atoms with Gasteiger partial charge in [-0.3, -0.25) is 18.9 Å². The molecule has 3 atom stereocenters. The number of tetrazole rings is 1. The molecule has 2 aliphatic rings. The second-order valence-electron chi connectivity index (χ2n) is 8.01. The lowest BCUT2D eigenvalue weighted by Gasteiger charge is -2.53. The number of hydrogen-bond donors (Lipinski definition) is 5. The summed E-state index contributed by atoms with van der Waals surface area (Å²) < 4.78 is 12.5. The Kier molecular flexibility index (Phi) is 7.77. The number of aromatic nitrogens is 5. The third-order valence-corrected chi connectivity index (χ3v) is 9.32.